The van der Waals surface area contributed by atoms with E-state index in [9.17, 15) is 4.79 Å². The van der Waals surface area contributed by atoms with Crippen LogP contribution in [-0.4, -0.2) is 12.2 Å². The highest BCUT2D eigenvalue weighted by Crippen LogP contribution is 2.31. The van der Waals surface area contributed by atoms with Crippen molar-refractivity contribution in [3.63, 3.8) is 0 Å². The average molecular weight is 179 g/mol. The van der Waals surface area contributed by atoms with E-state index in [1.54, 1.807) is 11.8 Å². The lowest BCUT2D eigenvalue weighted by Crippen LogP contribution is -2.03. The molecule has 0 bridgehead atoms. The first-order valence-corrected chi connectivity index (χ1v) is 4.99. The van der Waals surface area contributed by atoms with E-state index >= 15 is 0 Å². The van der Waals surface area contributed by atoms with Crippen LogP contribution in [0.15, 0.2) is 23.1 Å². The molecule has 0 unspecified atom stereocenters. The average Bonchev–Trinajstić information content (AvgIpc) is 2.44. The second-order valence-electron chi connectivity index (χ2n) is 2.71. The molecule has 1 N–H and O–H groups in total. The highest BCUT2D eigenvalue weighted by atomic mass is 32.2. The third kappa shape index (κ3) is 1.10. The third-order valence-corrected chi connectivity index (χ3v) is 2.79. The number of fused-ring (bicyclic) bond motifs is 1. The Bertz CT molecular complexity index is 335. The SMILES string of the molecule is CSc1cccc2c1CC(=O)N2. The quantitative estimate of drug-likeness (QED) is 0.667. The van der Waals surface area contributed by atoms with E-state index in [1.165, 1.54) is 4.90 Å². The van der Waals surface area contributed by atoms with Crippen LogP contribution in [-0.2, 0) is 11.2 Å². The standard InChI is InChI=1S/C9H9NOS/c1-12-8-4-2-3-7-6(8)5-9(11)10-7/h2-4H,5H2,1H3,(H,10,11). The molecule has 62 valence electrons. The smallest absolute Gasteiger partial charge is 0.228 e. The molecule has 12 heavy (non-hydrogen) atoms. The van der Waals surface area contributed by atoms with Crippen LogP contribution >= 0.6 is 11.8 Å². The molecular formula is C9H9NOS. The summed E-state index contributed by atoms with van der Waals surface area (Å²) in [4.78, 5) is 12.2. The number of carbonyl (C=O) groups excluding carboxylic acids is 1. The Kier molecular flexibility index (Phi) is 1.81. The molecule has 1 aromatic carbocycles. The van der Waals surface area contributed by atoms with Crippen molar-refractivity contribution in [1.29, 1.82) is 0 Å². The number of amides is 1. The highest BCUT2D eigenvalue weighted by molar-refractivity contribution is 7.98. The Labute approximate surface area is 75.4 Å². The Hall–Kier alpha value is -0.960. The minimum Gasteiger partial charge on any atom is -0.325 e. The molecule has 0 atom stereocenters. The highest BCUT2D eigenvalue weighted by Gasteiger charge is 2.19. The van der Waals surface area contributed by atoms with Gasteiger partial charge in [-0.25, -0.2) is 0 Å². The zero-order chi connectivity index (χ0) is 8.55. The van der Waals surface area contributed by atoms with Crippen LogP contribution in [0.1, 0.15) is 5.56 Å². The van der Waals surface area contributed by atoms with Gasteiger partial charge in [-0.1, -0.05) is 6.07 Å². The van der Waals surface area contributed by atoms with Crippen molar-refractivity contribution in [2.24, 2.45) is 0 Å². The molecule has 1 aliphatic heterocycles. The first-order valence-electron chi connectivity index (χ1n) is 3.77. The largest absolute Gasteiger partial charge is 0.325 e. The molecule has 0 radical (unpaired) electrons. The van der Waals surface area contributed by atoms with E-state index in [0.717, 1.165) is 11.3 Å². The lowest BCUT2D eigenvalue weighted by molar-refractivity contribution is -0.115. The number of hydrogen-bond donors (Lipinski definition) is 1. The molecule has 3 heteroatoms. The van der Waals surface area contributed by atoms with E-state index in [0.29, 0.717) is 6.42 Å². The van der Waals surface area contributed by atoms with Gasteiger partial charge in [0, 0.05) is 10.6 Å². The molecule has 0 fully saturated rings. The second kappa shape index (κ2) is 2.83. The number of hydrogen-bond acceptors (Lipinski definition) is 2. The van der Waals surface area contributed by atoms with Crippen molar-refractivity contribution < 1.29 is 4.79 Å². The van der Waals surface area contributed by atoms with Gasteiger partial charge < -0.3 is 5.32 Å². The normalized spacial score (nSPS) is 14.2. The van der Waals surface area contributed by atoms with Crippen molar-refractivity contribution in [2.45, 2.75) is 11.3 Å². The molecule has 0 aliphatic carbocycles. The maximum atomic E-state index is 11.0. The van der Waals surface area contributed by atoms with Crippen molar-refractivity contribution >= 4 is 23.4 Å². The predicted molar refractivity (Wildman–Crippen MR) is 50.6 cm³/mol. The van der Waals surface area contributed by atoms with Gasteiger partial charge in [0.1, 0.15) is 0 Å². The molecular weight excluding hydrogens is 170 g/mol. The molecule has 0 saturated heterocycles. The fraction of sp³-hybridized carbons (Fsp3) is 0.222. The lowest BCUT2D eigenvalue weighted by atomic mass is 10.2. The van der Waals surface area contributed by atoms with Gasteiger partial charge in [0.15, 0.2) is 0 Å². The fourth-order valence-corrected chi connectivity index (χ4v) is 2.05. The number of rotatable bonds is 1. The zero-order valence-corrected chi connectivity index (χ0v) is 7.57. The molecule has 2 nitrogen and oxygen atoms in total. The van der Waals surface area contributed by atoms with Crippen LogP contribution < -0.4 is 5.32 Å². The number of nitrogens with one attached hydrogen (secondary N) is 1. The van der Waals surface area contributed by atoms with Crippen molar-refractivity contribution in [1.82, 2.24) is 0 Å². The van der Waals surface area contributed by atoms with Crippen molar-refractivity contribution in [3.05, 3.63) is 23.8 Å². The molecule has 0 saturated carbocycles. The minimum absolute atomic E-state index is 0.103. The zero-order valence-electron chi connectivity index (χ0n) is 6.76. The second-order valence-corrected chi connectivity index (χ2v) is 3.56. The van der Waals surface area contributed by atoms with Crippen molar-refractivity contribution in [2.75, 3.05) is 11.6 Å². The molecule has 2 rings (SSSR count). The number of thioether (sulfide) groups is 1. The molecule has 1 amide bonds. The Morgan fingerprint density at radius 3 is 3.08 bits per heavy atom. The molecule has 1 heterocycles. The number of carbonyl (C=O) groups is 1. The van der Waals surface area contributed by atoms with E-state index in [-0.39, 0.29) is 5.91 Å². The summed E-state index contributed by atoms with van der Waals surface area (Å²) < 4.78 is 0. The van der Waals surface area contributed by atoms with Gasteiger partial charge in [-0.05, 0) is 24.0 Å². The Morgan fingerprint density at radius 1 is 1.50 bits per heavy atom. The molecule has 1 aliphatic rings. The maximum absolute atomic E-state index is 11.0. The summed E-state index contributed by atoms with van der Waals surface area (Å²) in [6.07, 6.45) is 2.56. The van der Waals surface area contributed by atoms with E-state index < -0.39 is 0 Å². The maximum Gasteiger partial charge on any atom is 0.228 e. The first-order chi connectivity index (χ1) is 5.81. The van der Waals surface area contributed by atoms with Crippen LogP contribution in [0.4, 0.5) is 5.69 Å². The van der Waals surface area contributed by atoms with E-state index in [1.807, 2.05) is 24.5 Å². The topological polar surface area (TPSA) is 29.1 Å². The van der Waals surface area contributed by atoms with Crippen LogP contribution in [0.3, 0.4) is 0 Å². The van der Waals surface area contributed by atoms with Gasteiger partial charge in [-0.15, -0.1) is 11.8 Å². The summed E-state index contributed by atoms with van der Waals surface area (Å²) >= 11 is 1.68. The predicted octanol–water partition coefficient (Wildman–Crippen LogP) is 1.90. The molecule has 0 aromatic heterocycles. The monoisotopic (exact) mass is 179 g/mol. The molecule has 0 spiro atoms. The number of anilines is 1. The summed E-state index contributed by atoms with van der Waals surface area (Å²) in [5.41, 5.74) is 2.13. The first kappa shape index (κ1) is 7.68. The van der Waals surface area contributed by atoms with Crippen LogP contribution in [0.25, 0.3) is 0 Å². The Morgan fingerprint density at radius 2 is 2.33 bits per heavy atom. The van der Waals surface area contributed by atoms with E-state index in [2.05, 4.69) is 5.32 Å². The van der Waals surface area contributed by atoms with Gasteiger partial charge in [-0.3, -0.25) is 4.79 Å². The van der Waals surface area contributed by atoms with Gasteiger partial charge >= 0.3 is 0 Å². The number of benzene rings is 1. The summed E-state index contributed by atoms with van der Waals surface area (Å²) in [6, 6.07) is 5.96. The van der Waals surface area contributed by atoms with Gasteiger partial charge in [0.05, 0.1) is 6.42 Å². The summed E-state index contributed by atoms with van der Waals surface area (Å²) in [7, 11) is 0. The van der Waals surface area contributed by atoms with Gasteiger partial charge in [0.2, 0.25) is 5.91 Å². The minimum atomic E-state index is 0.103. The van der Waals surface area contributed by atoms with Crippen LogP contribution in [0, 0.1) is 0 Å². The fourth-order valence-electron chi connectivity index (χ4n) is 1.41. The van der Waals surface area contributed by atoms with Gasteiger partial charge in [0.25, 0.3) is 0 Å². The summed E-state index contributed by atoms with van der Waals surface area (Å²) in [5.74, 6) is 0.103. The van der Waals surface area contributed by atoms with Gasteiger partial charge in [-0.2, -0.15) is 0 Å². The third-order valence-electron chi connectivity index (χ3n) is 1.96. The summed E-state index contributed by atoms with van der Waals surface area (Å²) in [5, 5.41) is 2.82. The lowest BCUT2D eigenvalue weighted by Gasteiger charge is -2.02. The van der Waals surface area contributed by atoms with Crippen LogP contribution in [0.5, 0.6) is 0 Å². The Balaban J connectivity index is 2.51. The summed E-state index contributed by atoms with van der Waals surface area (Å²) in [6.45, 7) is 0. The van der Waals surface area contributed by atoms with Crippen molar-refractivity contribution in [3.8, 4) is 0 Å². The van der Waals surface area contributed by atoms with Crippen LogP contribution in [0.2, 0.25) is 0 Å². The van der Waals surface area contributed by atoms with E-state index in [4.69, 9.17) is 0 Å². The molecule has 1 aromatic rings.